The van der Waals surface area contributed by atoms with Crippen LogP contribution in [0, 0.1) is 0 Å². The first-order valence-corrected chi connectivity index (χ1v) is 11.1. The van der Waals surface area contributed by atoms with Crippen molar-refractivity contribution in [2.45, 2.75) is 32.7 Å². The number of sulfonamides is 1. The average molecular weight is 406 g/mol. The van der Waals surface area contributed by atoms with Crippen LogP contribution >= 0.6 is 0 Å². The summed E-state index contributed by atoms with van der Waals surface area (Å²) in [5.41, 5.74) is 8.69. The van der Waals surface area contributed by atoms with Crippen molar-refractivity contribution in [3.05, 3.63) is 30.1 Å². The smallest absolute Gasteiger partial charge is 0.211 e. The van der Waals surface area contributed by atoms with Gasteiger partial charge in [0.25, 0.3) is 0 Å². The largest absolute Gasteiger partial charge is 0.384 e. The van der Waals surface area contributed by atoms with Crippen LogP contribution in [-0.2, 0) is 27.7 Å². The lowest BCUT2D eigenvalue weighted by Crippen LogP contribution is -2.26. The van der Waals surface area contributed by atoms with E-state index >= 15 is 0 Å². The van der Waals surface area contributed by atoms with E-state index in [-0.39, 0.29) is 5.75 Å². The molecule has 2 aromatic heterocycles. The molecule has 0 radical (unpaired) electrons. The molecule has 1 aromatic carbocycles. The van der Waals surface area contributed by atoms with E-state index in [2.05, 4.69) is 14.3 Å². The summed E-state index contributed by atoms with van der Waals surface area (Å²) in [6.07, 6.45) is 2.22. The fraction of sp³-hybridized carbons (Fsp3) is 0.474. The lowest BCUT2D eigenvalue weighted by molar-refractivity contribution is 0.199. The maximum absolute atomic E-state index is 11.6. The van der Waals surface area contributed by atoms with Crippen LogP contribution in [0.15, 0.2) is 24.3 Å². The molecule has 8 nitrogen and oxygen atoms in total. The number of ether oxygens (including phenoxy) is 1. The van der Waals surface area contributed by atoms with Crippen LogP contribution in [0.25, 0.3) is 21.9 Å². The topological polar surface area (TPSA) is 112 Å². The molecule has 152 valence electrons. The molecular formula is C19H27N5O3S. The molecule has 28 heavy (non-hydrogen) atoms. The highest BCUT2D eigenvalue weighted by molar-refractivity contribution is 7.89. The zero-order chi connectivity index (χ0) is 20.1. The Morgan fingerprint density at radius 2 is 2.00 bits per heavy atom. The number of nitrogens with two attached hydrogens (primary N) is 1. The van der Waals surface area contributed by atoms with Gasteiger partial charge in [0.2, 0.25) is 10.0 Å². The summed E-state index contributed by atoms with van der Waals surface area (Å²) < 4.78 is 33.1. The fourth-order valence-electron chi connectivity index (χ4n) is 3.25. The van der Waals surface area contributed by atoms with Crippen molar-refractivity contribution in [2.75, 3.05) is 31.7 Å². The lowest BCUT2D eigenvalue weighted by Gasteiger charge is -2.11. The highest BCUT2D eigenvalue weighted by atomic mass is 32.2. The molecule has 9 heteroatoms. The van der Waals surface area contributed by atoms with Crippen molar-refractivity contribution in [1.29, 1.82) is 0 Å². The van der Waals surface area contributed by atoms with Gasteiger partial charge in [0.1, 0.15) is 11.3 Å². The summed E-state index contributed by atoms with van der Waals surface area (Å²) in [6, 6.07) is 7.88. The van der Waals surface area contributed by atoms with E-state index in [0.29, 0.717) is 30.9 Å². The third-order valence-electron chi connectivity index (χ3n) is 4.73. The van der Waals surface area contributed by atoms with Crippen molar-refractivity contribution in [3.8, 4) is 0 Å². The Bertz CT molecular complexity index is 1060. The highest BCUT2D eigenvalue weighted by Gasteiger charge is 2.17. The first-order valence-electron chi connectivity index (χ1n) is 9.46. The summed E-state index contributed by atoms with van der Waals surface area (Å²) in [6.45, 7) is 3.34. The van der Waals surface area contributed by atoms with Crippen LogP contribution in [0.2, 0.25) is 0 Å². The van der Waals surface area contributed by atoms with Crippen LogP contribution in [0.1, 0.15) is 25.6 Å². The molecule has 0 atom stereocenters. The molecule has 0 spiro atoms. The quantitative estimate of drug-likeness (QED) is 0.500. The predicted octanol–water partition coefficient (Wildman–Crippen LogP) is 2.08. The summed E-state index contributed by atoms with van der Waals surface area (Å²) in [7, 11) is -1.49. The number of para-hydroxylation sites is 1. The predicted molar refractivity (Wildman–Crippen MR) is 112 cm³/mol. The second kappa shape index (κ2) is 8.85. The summed E-state index contributed by atoms with van der Waals surface area (Å²) in [5.74, 6) is 1.41. The number of rotatable bonds is 10. The van der Waals surface area contributed by atoms with Gasteiger partial charge in [-0.15, -0.1) is 0 Å². The number of hydrogen-bond acceptors (Lipinski definition) is 6. The minimum atomic E-state index is -3.15. The van der Waals surface area contributed by atoms with Crippen molar-refractivity contribution in [3.63, 3.8) is 0 Å². The summed E-state index contributed by atoms with van der Waals surface area (Å²) in [5, 5.41) is 1.01. The van der Waals surface area contributed by atoms with Gasteiger partial charge in [0.15, 0.2) is 5.82 Å². The zero-order valence-corrected chi connectivity index (χ0v) is 17.1. The molecule has 0 amide bonds. The Morgan fingerprint density at radius 3 is 2.75 bits per heavy atom. The molecule has 0 aliphatic carbocycles. The van der Waals surface area contributed by atoms with Gasteiger partial charge in [-0.3, -0.25) is 0 Å². The van der Waals surface area contributed by atoms with E-state index in [1.54, 1.807) is 14.0 Å². The van der Waals surface area contributed by atoms with Gasteiger partial charge in [-0.25, -0.2) is 23.1 Å². The number of aryl methyl sites for hydroxylation is 1. The molecule has 2 heterocycles. The minimum absolute atomic E-state index is 0.0958. The molecule has 0 saturated carbocycles. The number of nitrogens with one attached hydrogen (secondary N) is 1. The maximum Gasteiger partial charge on any atom is 0.211 e. The number of aromatic nitrogens is 3. The number of nitrogen functional groups attached to an aromatic ring is 1. The minimum Gasteiger partial charge on any atom is -0.384 e. The number of anilines is 1. The van der Waals surface area contributed by atoms with E-state index in [1.807, 2.05) is 24.3 Å². The fourth-order valence-corrected chi connectivity index (χ4v) is 3.91. The standard InChI is InChI=1S/C19H27N5O3S/c1-3-28(25,26)21-11-6-7-12-24-16(10-13-27-2)23-17-18(24)14-8-4-5-9-15(14)22-19(17)20/h4-5,8-9,21H,3,6-7,10-13H2,1-2H3,(H2,20,22). The number of pyridine rings is 1. The van der Waals surface area contributed by atoms with Gasteiger partial charge >= 0.3 is 0 Å². The average Bonchev–Trinajstić information content (AvgIpc) is 3.05. The Balaban J connectivity index is 1.90. The van der Waals surface area contributed by atoms with Gasteiger partial charge < -0.3 is 15.0 Å². The Hall–Kier alpha value is -2.23. The number of benzene rings is 1. The molecule has 0 aliphatic heterocycles. The molecule has 3 N–H and O–H groups in total. The van der Waals surface area contributed by atoms with E-state index in [4.69, 9.17) is 15.5 Å². The molecule has 0 bridgehead atoms. The molecule has 0 saturated heterocycles. The maximum atomic E-state index is 11.6. The first-order chi connectivity index (χ1) is 13.5. The summed E-state index contributed by atoms with van der Waals surface area (Å²) >= 11 is 0. The second-order valence-corrected chi connectivity index (χ2v) is 8.73. The highest BCUT2D eigenvalue weighted by Crippen LogP contribution is 2.29. The Morgan fingerprint density at radius 1 is 1.21 bits per heavy atom. The number of hydrogen-bond donors (Lipinski definition) is 2. The van der Waals surface area contributed by atoms with Crippen molar-refractivity contribution in [1.82, 2.24) is 19.3 Å². The Labute approximate surface area is 165 Å². The van der Waals surface area contributed by atoms with Gasteiger partial charge in [0.05, 0.1) is 23.4 Å². The van der Waals surface area contributed by atoms with Crippen LogP contribution in [0.4, 0.5) is 5.82 Å². The SMILES string of the molecule is CCS(=O)(=O)NCCCCn1c(CCOC)nc2c(N)nc3ccccc3c21. The number of nitrogens with zero attached hydrogens (tertiary/aromatic N) is 3. The Kier molecular flexibility index (Phi) is 6.48. The molecule has 0 aliphatic rings. The lowest BCUT2D eigenvalue weighted by atomic mass is 10.2. The van der Waals surface area contributed by atoms with E-state index in [0.717, 1.165) is 41.6 Å². The van der Waals surface area contributed by atoms with Crippen molar-refractivity contribution in [2.24, 2.45) is 0 Å². The zero-order valence-electron chi connectivity index (χ0n) is 16.3. The van der Waals surface area contributed by atoms with Gasteiger partial charge in [-0.2, -0.15) is 0 Å². The van der Waals surface area contributed by atoms with E-state index in [1.165, 1.54) is 0 Å². The van der Waals surface area contributed by atoms with Crippen LogP contribution in [0.5, 0.6) is 0 Å². The molecular weight excluding hydrogens is 378 g/mol. The summed E-state index contributed by atoms with van der Waals surface area (Å²) in [4.78, 5) is 9.21. The van der Waals surface area contributed by atoms with Crippen LogP contribution < -0.4 is 10.5 Å². The normalized spacial score (nSPS) is 12.2. The van der Waals surface area contributed by atoms with Crippen molar-refractivity contribution < 1.29 is 13.2 Å². The molecule has 3 rings (SSSR count). The molecule has 0 unspecified atom stereocenters. The third kappa shape index (κ3) is 4.43. The molecule has 3 aromatic rings. The van der Waals surface area contributed by atoms with Gasteiger partial charge in [0, 0.05) is 32.0 Å². The van der Waals surface area contributed by atoms with Crippen LogP contribution in [-0.4, -0.2) is 49.0 Å². The number of fused-ring (bicyclic) bond motifs is 3. The van der Waals surface area contributed by atoms with Gasteiger partial charge in [-0.05, 0) is 25.8 Å². The van der Waals surface area contributed by atoms with E-state index < -0.39 is 10.0 Å². The second-order valence-electron chi connectivity index (χ2n) is 6.64. The van der Waals surface area contributed by atoms with Crippen molar-refractivity contribution >= 4 is 37.8 Å². The number of unbranched alkanes of at least 4 members (excludes halogenated alkanes) is 1. The number of imidazole rings is 1. The first kappa shape index (κ1) is 20.5. The monoisotopic (exact) mass is 405 g/mol. The van der Waals surface area contributed by atoms with Crippen LogP contribution in [0.3, 0.4) is 0 Å². The van der Waals surface area contributed by atoms with E-state index in [9.17, 15) is 8.42 Å². The molecule has 0 fully saturated rings. The van der Waals surface area contributed by atoms with Gasteiger partial charge in [-0.1, -0.05) is 18.2 Å². The third-order valence-corrected chi connectivity index (χ3v) is 6.13. The number of methoxy groups -OCH3 is 1.